The van der Waals surface area contributed by atoms with Crippen LogP contribution >= 0.6 is 0 Å². The van der Waals surface area contributed by atoms with E-state index in [0.29, 0.717) is 13.2 Å². The molecule has 5 heteroatoms. The Kier molecular flexibility index (Phi) is 5.99. The maximum Gasteiger partial charge on any atom is 0.117 e. The van der Waals surface area contributed by atoms with Gasteiger partial charge in [0.2, 0.25) is 0 Å². The first-order valence-electron chi connectivity index (χ1n) is 7.66. The number of rotatable bonds is 8. The standard InChI is InChI=1S/C15H32N2O3/c1-8-10-16-18-12-15(7,9-2)11-17-19-13(3,4)14(5,6)20-17/h16H,8-12H2,1-7H3. The average Bonchev–Trinajstić information content (AvgIpc) is 2.53. The van der Waals surface area contributed by atoms with E-state index in [1.807, 2.05) is 0 Å². The highest BCUT2D eigenvalue weighted by Crippen LogP contribution is 2.39. The van der Waals surface area contributed by atoms with Gasteiger partial charge in [-0.25, -0.2) is 5.48 Å². The molecule has 1 heterocycles. The molecule has 0 spiro atoms. The van der Waals surface area contributed by atoms with Crippen LogP contribution in [0.1, 0.15) is 61.3 Å². The smallest absolute Gasteiger partial charge is 0.117 e. The minimum Gasteiger partial charge on any atom is -0.301 e. The largest absolute Gasteiger partial charge is 0.301 e. The topological polar surface area (TPSA) is 43.0 Å². The van der Waals surface area contributed by atoms with E-state index in [1.165, 1.54) is 0 Å². The van der Waals surface area contributed by atoms with Crippen molar-refractivity contribution < 1.29 is 14.5 Å². The highest BCUT2D eigenvalue weighted by atomic mass is 17.0. The summed E-state index contributed by atoms with van der Waals surface area (Å²) < 4.78 is 0. The molecule has 120 valence electrons. The van der Waals surface area contributed by atoms with Gasteiger partial charge in [-0.05, 0) is 40.5 Å². The molecule has 1 unspecified atom stereocenters. The van der Waals surface area contributed by atoms with Gasteiger partial charge in [0, 0.05) is 12.0 Å². The van der Waals surface area contributed by atoms with Crippen molar-refractivity contribution in [2.45, 2.75) is 72.5 Å². The number of hydroxylamine groups is 3. The molecule has 0 aromatic carbocycles. The number of nitrogens with one attached hydrogen (secondary N) is 1. The molecule has 0 bridgehead atoms. The van der Waals surface area contributed by atoms with Crippen LogP contribution in [-0.4, -0.2) is 36.1 Å². The summed E-state index contributed by atoms with van der Waals surface area (Å²) >= 11 is 0. The van der Waals surface area contributed by atoms with Crippen molar-refractivity contribution in [3.8, 4) is 0 Å². The van der Waals surface area contributed by atoms with Gasteiger partial charge in [0.15, 0.2) is 0 Å². The molecule has 1 aliphatic heterocycles. The van der Waals surface area contributed by atoms with Crippen molar-refractivity contribution in [3.63, 3.8) is 0 Å². The maximum atomic E-state index is 5.92. The highest BCUT2D eigenvalue weighted by Gasteiger charge is 2.50. The molecule has 0 saturated carbocycles. The Morgan fingerprint density at radius 3 is 2.10 bits per heavy atom. The van der Waals surface area contributed by atoms with Crippen LogP contribution in [0.25, 0.3) is 0 Å². The summed E-state index contributed by atoms with van der Waals surface area (Å²) in [6, 6.07) is 0. The van der Waals surface area contributed by atoms with Gasteiger partial charge in [-0.2, -0.15) is 0 Å². The summed E-state index contributed by atoms with van der Waals surface area (Å²) in [4.78, 5) is 17.4. The second kappa shape index (κ2) is 6.71. The second-order valence-electron chi connectivity index (χ2n) is 7.04. The van der Waals surface area contributed by atoms with E-state index in [9.17, 15) is 0 Å². The van der Waals surface area contributed by atoms with Crippen LogP contribution < -0.4 is 5.48 Å². The van der Waals surface area contributed by atoms with E-state index in [-0.39, 0.29) is 16.6 Å². The SMILES string of the molecule is CCCNOCC(C)(CC)CN1OC(C)(C)C(C)(C)O1. The van der Waals surface area contributed by atoms with E-state index in [1.54, 1.807) is 5.23 Å². The predicted molar refractivity (Wildman–Crippen MR) is 79.7 cm³/mol. The fourth-order valence-electron chi connectivity index (χ4n) is 1.78. The quantitative estimate of drug-likeness (QED) is 0.549. The van der Waals surface area contributed by atoms with Gasteiger partial charge in [0.25, 0.3) is 0 Å². The van der Waals surface area contributed by atoms with Crippen molar-refractivity contribution in [3.05, 3.63) is 0 Å². The Hall–Kier alpha value is -0.200. The molecule has 0 aromatic rings. The number of hydrogen-bond donors (Lipinski definition) is 1. The van der Waals surface area contributed by atoms with Crippen molar-refractivity contribution in [2.75, 3.05) is 19.7 Å². The van der Waals surface area contributed by atoms with Gasteiger partial charge in [-0.15, -0.1) is 0 Å². The van der Waals surface area contributed by atoms with Gasteiger partial charge in [-0.1, -0.05) is 26.0 Å². The van der Waals surface area contributed by atoms with E-state index < -0.39 is 0 Å². The Morgan fingerprint density at radius 1 is 1.10 bits per heavy atom. The molecule has 0 amide bonds. The minimum absolute atomic E-state index is 0.0166. The lowest BCUT2D eigenvalue weighted by Crippen LogP contribution is -2.41. The van der Waals surface area contributed by atoms with Crippen LogP contribution in [0, 0.1) is 5.41 Å². The van der Waals surface area contributed by atoms with Crippen LogP contribution in [-0.2, 0) is 14.5 Å². The van der Waals surface area contributed by atoms with Crippen LogP contribution in [0.2, 0.25) is 0 Å². The predicted octanol–water partition coefficient (Wildman–Crippen LogP) is 3.07. The van der Waals surface area contributed by atoms with Gasteiger partial charge in [0.05, 0.1) is 13.2 Å². The first kappa shape index (κ1) is 17.9. The van der Waals surface area contributed by atoms with E-state index >= 15 is 0 Å². The van der Waals surface area contributed by atoms with Crippen LogP contribution in [0.3, 0.4) is 0 Å². The molecule has 1 N–H and O–H groups in total. The lowest BCUT2D eigenvalue weighted by Gasteiger charge is -2.31. The second-order valence-corrected chi connectivity index (χ2v) is 7.04. The zero-order chi connectivity index (χ0) is 15.4. The molecule has 1 atom stereocenters. The van der Waals surface area contributed by atoms with Crippen LogP contribution in [0.4, 0.5) is 0 Å². The fourth-order valence-corrected chi connectivity index (χ4v) is 1.78. The monoisotopic (exact) mass is 288 g/mol. The molecule has 0 aliphatic carbocycles. The summed E-state index contributed by atoms with van der Waals surface area (Å²) in [5.41, 5.74) is 2.30. The highest BCUT2D eigenvalue weighted by molar-refractivity contribution is 4.91. The molecule has 1 saturated heterocycles. The van der Waals surface area contributed by atoms with Crippen LogP contribution in [0.15, 0.2) is 0 Å². The Balaban J connectivity index is 2.52. The molecular formula is C15H32N2O3. The molecule has 0 aromatic heterocycles. The third kappa shape index (κ3) is 4.40. The van der Waals surface area contributed by atoms with E-state index in [0.717, 1.165) is 19.4 Å². The first-order chi connectivity index (χ1) is 9.16. The molecule has 1 rings (SSSR count). The zero-order valence-corrected chi connectivity index (χ0v) is 14.2. The number of hydrogen-bond acceptors (Lipinski definition) is 5. The molecule has 1 fully saturated rings. The third-order valence-corrected chi connectivity index (χ3v) is 4.35. The van der Waals surface area contributed by atoms with E-state index in [4.69, 9.17) is 14.5 Å². The normalized spacial score (nSPS) is 24.8. The summed E-state index contributed by atoms with van der Waals surface area (Å²) in [6.45, 7) is 16.9. The van der Waals surface area contributed by atoms with Gasteiger partial charge < -0.3 is 4.84 Å². The molecule has 0 radical (unpaired) electrons. The summed E-state index contributed by atoms with van der Waals surface area (Å²) in [7, 11) is 0. The molecular weight excluding hydrogens is 256 g/mol. The van der Waals surface area contributed by atoms with Gasteiger partial charge in [-0.3, -0.25) is 9.68 Å². The Labute approximate surface area is 123 Å². The fraction of sp³-hybridized carbons (Fsp3) is 1.00. The zero-order valence-electron chi connectivity index (χ0n) is 14.2. The summed E-state index contributed by atoms with van der Waals surface area (Å²) in [5, 5.41) is 1.63. The van der Waals surface area contributed by atoms with Crippen molar-refractivity contribution >= 4 is 0 Å². The van der Waals surface area contributed by atoms with Crippen molar-refractivity contribution in [1.82, 2.24) is 10.7 Å². The molecule has 5 nitrogen and oxygen atoms in total. The third-order valence-electron chi connectivity index (χ3n) is 4.35. The molecule has 20 heavy (non-hydrogen) atoms. The summed E-state index contributed by atoms with van der Waals surface area (Å²) in [6.07, 6.45) is 2.05. The minimum atomic E-state index is -0.330. The van der Waals surface area contributed by atoms with Crippen molar-refractivity contribution in [1.29, 1.82) is 0 Å². The lowest BCUT2D eigenvalue weighted by molar-refractivity contribution is -0.340. The van der Waals surface area contributed by atoms with Gasteiger partial charge >= 0.3 is 0 Å². The Bertz CT molecular complexity index is 291. The molecule has 1 aliphatic rings. The first-order valence-corrected chi connectivity index (χ1v) is 7.66. The number of nitrogens with zero attached hydrogens (tertiary/aromatic N) is 1. The lowest BCUT2D eigenvalue weighted by atomic mass is 9.89. The Morgan fingerprint density at radius 2 is 1.65 bits per heavy atom. The maximum absolute atomic E-state index is 5.92. The van der Waals surface area contributed by atoms with Crippen LogP contribution in [0.5, 0.6) is 0 Å². The van der Waals surface area contributed by atoms with E-state index in [2.05, 4.69) is 53.9 Å². The summed E-state index contributed by atoms with van der Waals surface area (Å²) in [5.74, 6) is 0. The van der Waals surface area contributed by atoms with Crippen molar-refractivity contribution in [2.24, 2.45) is 5.41 Å². The van der Waals surface area contributed by atoms with Gasteiger partial charge in [0.1, 0.15) is 11.2 Å². The average molecular weight is 288 g/mol.